The number of ether oxygens (including phenoxy) is 1. The number of carbonyl (C=O) groups is 2. The molecule has 0 spiro atoms. The van der Waals surface area contributed by atoms with Crippen molar-refractivity contribution in [2.75, 3.05) is 23.3 Å². The van der Waals surface area contributed by atoms with E-state index >= 15 is 0 Å². The molecule has 2 aromatic heterocycles. The third-order valence-corrected chi connectivity index (χ3v) is 7.06. The molecule has 1 fully saturated rings. The number of benzene rings is 1. The van der Waals surface area contributed by atoms with E-state index in [4.69, 9.17) is 10.8 Å². The molecule has 220 valence electrons. The van der Waals surface area contributed by atoms with Crippen LogP contribution < -0.4 is 20.3 Å². The quantitative estimate of drug-likeness (QED) is 0.216. The average molecular weight is 600 g/mol. The van der Waals surface area contributed by atoms with Gasteiger partial charge in [0.05, 0.1) is 29.8 Å². The van der Waals surface area contributed by atoms with Gasteiger partial charge >= 0.3 is 6.36 Å². The summed E-state index contributed by atoms with van der Waals surface area (Å²) in [5.41, 5.74) is 1.74. The Morgan fingerprint density at radius 3 is 2.60 bits per heavy atom. The molecular weight excluding hydrogens is 571 g/mol. The molecule has 3 aromatic rings. The highest BCUT2D eigenvalue weighted by molar-refractivity contribution is 8.26. The number of carbonyl (C=O) groups excluding carboxylic acids is 2. The van der Waals surface area contributed by atoms with E-state index in [0.717, 1.165) is 49.0 Å². The van der Waals surface area contributed by atoms with Crippen molar-refractivity contribution in [3.8, 4) is 5.75 Å². The number of halogens is 3. The molecule has 4 rings (SSSR count). The largest absolute Gasteiger partial charge is 0.573 e. The number of nitrogens with zero attached hydrogens (tertiary/aromatic N) is 3. The van der Waals surface area contributed by atoms with Gasteiger partial charge in [0, 0.05) is 30.9 Å². The minimum atomic E-state index is -4.82. The lowest BCUT2D eigenvalue weighted by Gasteiger charge is -2.34. The topological polar surface area (TPSA) is 144 Å². The number of rotatable bonds is 8. The van der Waals surface area contributed by atoms with Crippen LogP contribution in [0.5, 0.6) is 5.75 Å². The number of amides is 2. The summed E-state index contributed by atoms with van der Waals surface area (Å²) in [5.74, 6) is -1.06. The van der Waals surface area contributed by atoms with Gasteiger partial charge in [0.25, 0.3) is 0 Å². The average Bonchev–Trinajstić information content (AvgIpc) is 2.93. The van der Waals surface area contributed by atoms with Crippen molar-refractivity contribution in [1.29, 1.82) is 10.8 Å². The van der Waals surface area contributed by atoms with Crippen molar-refractivity contribution < 1.29 is 27.5 Å². The normalized spacial score (nSPS) is 15.0. The SMILES string of the molecule is N=C(NC(=O)Cc1ccccn1)SC(=N)C1CCCN(c2ccc(NC(=O)Cc3cccc(OC(F)(F)F)c3)nc2)C1. The van der Waals surface area contributed by atoms with Gasteiger partial charge in [-0.05, 0) is 66.6 Å². The van der Waals surface area contributed by atoms with E-state index in [0.29, 0.717) is 17.8 Å². The number of pyridine rings is 2. The van der Waals surface area contributed by atoms with E-state index < -0.39 is 18.0 Å². The third kappa shape index (κ3) is 9.58. The Hall–Kier alpha value is -4.46. The van der Waals surface area contributed by atoms with Crippen molar-refractivity contribution >= 4 is 45.3 Å². The maximum Gasteiger partial charge on any atom is 0.573 e. The lowest BCUT2D eigenvalue weighted by atomic mass is 9.99. The Balaban J connectivity index is 1.25. The molecule has 1 atom stereocenters. The first-order valence-electron chi connectivity index (χ1n) is 12.9. The zero-order valence-corrected chi connectivity index (χ0v) is 23.1. The number of nitrogens with one attached hydrogen (secondary N) is 4. The minimum absolute atomic E-state index is 0.0435. The van der Waals surface area contributed by atoms with Crippen LogP contribution in [0.15, 0.2) is 67.0 Å². The highest BCUT2D eigenvalue weighted by Gasteiger charge is 2.31. The maximum absolute atomic E-state index is 12.5. The number of aromatic nitrogens is 2. The molecule has 1 aliphatic rings. The molecular formula is C28H28F3N7O3S. The van der Waals surface area contributed by atoms with E-state index in [9.17, 15) is 22.8 Å². The number of hydrogen-bond acceptors (Lipinski definition) is 9. The van der Waals surface area contributed by atoms with Gasteiger partial charge < -0.3 is 20.3 Å². The Morgan fingerprint density at radius 2 is 1.88 bits per heavy atom. The minimum Gasteiger partial charge on any atom is -0.406 e. The van der Waals surface area contributed by atoms with Crippen LogP contribution in [0.3, 0.4) is 0 Å². The van der Waals surface area contributed by atoms with Crippen LogP contribution in [0.2, 0.25) is 0 Å². The Kier molecular flexibility index (Phi) is 10.1. The van der Waals surface area contributed by atoms with E-state index in [1.54, 1.807) is 42.7 Å². The monoisotopic (exact) mass is 599 g/mol. The molecule has 1 aromatic carbocycles. The molecule has 0 saturated carbocycles. The second-order valence-electron chi connectivity index (χ2n) is 9.45. The van der Waals surface area contributed by atoms with Crippen molar-refractivity contribution in [1.82, 2.24) is 15.3 Å². The fourth-order valence-electron chi connectivity index (χ4n) is 4.35. The van der Waals surface area contributed by atoms with Crippen molar-refractivity contribution in [2.24, 2.45) is 5.92 Å². The second-order valence-corrected chi connectivity index (χ2v) is 10.5. The van der Waals surface area contributed by atoms with E-state index in [1.165, 1.54) is 12.1 Å². The number of thioether (sulfide) groups is 1. The van der Waals surface area contributed by atoms with Gasteiger partial charge in [-0.3, -0.25) is 25.4 Å². The molecule has 3 heterocycles. The molecule has 0 radical (unpaired) electrons. The Morgan fingerprint density at radius 1 is 1.05 bits per heavy atom. The summed E-state index contributed by atoms with van der Waals surface area (Å²) in [4.78, 5) is 35.1. The first-order valence-corrected chi connectivity index (χ1v) is 13.8. The summed E-state index contributed by atoms with van der Waals surface area (Å²) in [6.07, 6.45) is -0.145. The molecule has 0 bridgehead atoms. The molecule has 42 heavy (non-hydrogen) atoms. The first kappa shape index (κ1) is 30.5. The Bertz CT molecular complexity index is 1420. The number of alkyl halides is 3. The van der Waals surface area contributed by atoms with E-state index in [-0.39, 0.29) is 40.7 Å². The van der Waals surface area contributed by atoms with Crippen LogP contribution in [0.1, 0.15) is 24.1 Å². The van der Waals surface area contributed by atoms with Crippen LogP contribution in [-0.2, 0) is 22.4 Å². The lowest BCUT2D eigenvalue weighted by Crippen LogP contribution is -2.39. The highest BCUT2D eigenvalue weighted by atomic mass is 32.2. The van der Waals surface area contributed by atoms with Crippen molar-refractivity contribution in [2.45, 2.75) is 32.0 Å². The van der Waals surface area contributed by atoms with Crippen LogP contribution in [0, 0.1) is 16.7 Å². The summed E-state index contributed by atoms with van der Waals surface area (Å²) >= 11 is 0.917. The van der Waals surface area contributed by atoms with Gasteiger partial charge in [-0.2, -0.15) is 0 Å². The summed E-state index contributed by atoms with van der Waals surface area (Å²) in [6.45, 7) is 1.28. The molecule has 14 heteroatoms. The van der Waals surface area contributed by atoms with Crippen LogP contribution in [0.4, 0.5) is 24.7 Å². The number of hydrogen-bond donors (Lipinski definition) is 4. The molecule has 1 aliphatic heterocycles. The zero-order valence-electron chi connectivity index (χ0n) is 22.3. The maximum atomic E-state index is 12.5. The highest BCUT2D eigenvalue weighted by Crippen LogP contribution is 2.27. The number of anilines is 2. The summed E-state index contributed by atoms with van der Waals surface area (Å²) < 4.78 is 41.3. The van der Waals surface area contributed by atoms with Gasteiger partial charge in [-0.1, -0.05) is 18.2 Å². The van der Waals surface area contributed by atoms with Crippen LogP contribution >= 0.6 is 11.8 Å². The van der Waals surface area contributed by atoms with E-state index in [1.807, 2.05) is 0 Å². The Labute approximate surface area is 244 Å². The predicted octanol–water partition coefficient (Wildman–Crippen LogP) is 4.78. The van der Waals surface area contributed by atoms with E-state index in [2.05, 4.69) is 30.2 Å². The molecule has 1 unspecified atom stereocenters. The fraction of sp³-hybridized carbons (Fsp3) is 0.286. The van der Waals surface area contributed by atoms with Gasteiger partial charge in [-0.25, -0.2) is 4.98 Å². The van der Waals surface area contributed by atoms with Gasteiger partial charge in [-0.15, -0.1) is 13.2 Å². The standard InChI is InChI=1S/C28H28F3N7O3S/c29-28(30,31)41-22-8-3-5-18(13-22)14-24(39)36-23-10-9-21(16-35-23)38-12-4-6-19(17-38)26(32)42-27(33)37-25(40)15-20-7-1-2-11-34-20/h1-3,5,7-11,13,16,19,32H,4,6,12,14-15,17H2,(H2,33,37,40)(H,35,36,39). The van der Waals surface area contributed by atoms with Gasteiger partial charge in [0.1, 0.15) is 11.6 Å². The van der Waals surface area contributed by atoms with Gasteiger partial charge in [0.2, 0.25) is 11.8 Å². The fourth-order valence-corrected chi connectivity index (χ4v) is 5.10. The number of amidine groups is 1. The first-order chi connectivity index (χ1) is 20.0. The molecule has 10 nitrogen and oxygen atoms in total. The molecule has 1 saturated heterocycles. The second kappa shape index (κ2) is 13.9. The molecule has 4 N–H and O–H groups in total. The van der Waals surface area contributed by atoms with Crippen molar-refractivity contribution in [3.05, 3.63) is 78.2 Å². The van der Waals surface area contributed by atoms with Gasteiger partial charge in [0.15, 0.2) is 5.17 Å². The summed E-state index contributed by atoms with van der Waals surface area (Å²) in [5, 5.41) is 21.9. The molecule has 0 aliphatic carbocycles. The van der Waals surface area contributed by atoms with Crippen molar-refractivity contribution in [3.63, 3.8) is 0 Å². The molecule has 2 amide bonds. The smallest absolute Gasteiger partial charge is 0.406 e. The summed E-state index contributed by atoms with van der Waals surface area (Å²) in [7, 11) is 0. The number of piperidine rings is 1. The lowest BCUT2D eigenvalue weighted by molar-refractivity contribution is -0.274. The summed E-state index contributed by atoms with van der Waals surface area (Å²) in [6, 6.07) is 13.9. The van der Waals surface area contributed by atoms with Crippen LogP contribution in [-0.4, -0.2) is 51.4 Å². The zero-order chi connectivity index (χ0) is 30.1. The van der Waals surface area contributed by atoms with Crippen LogP contribution in [0.25, 0.3) is 0 Å². The predicted molar refractivity (Wildman–Crippen MR) is 154 cm³/mol. The third-order valence-electron chi connectivity index (χ3n) is 6.20.